The average Bonchev–Trinajstić information content (AvgIpc) is 2.28. The van der Waals surface area contributed by atoms with Crippen LogP contribution in [-0.2, 0) is 5.41 Å². The van der Waals surface area contributed by atoms with E-state index in [1.54, 1.807) is 0 Å². The van der Waals surface area contributed by atoms with Crippen molar-refractivity contribution in [3.63, 3.8) is 0 Å². The third-order valence-corrected chi connectivity index (χ3v) is 3.23. The van der Waals surface area contributed by atoms with Crippen molar-refractivity contribution in [2.45, 2.75) is 26.2 Å². The number of rotatable bonds is 1. The summed E-state index contributed by atoms with van der Waals surface area (Å²) in [5, 5.41) is 0.809. The predicted molar refractivity (Wildman–Crippen MR) is 75.6 cm³/mol. The molecule has 0 atom stereocenters. The molecule has 0 spiro atoms. The van der Waals surface area contributed by atoms with Crippen LogP contribution < -0.4 is 0 Å². The first kappa shape index (κ1) is 12.2. The molecule has 0 aliphatic rings. The number of hydrogen-bond donors (Lipinski definition) is 0. The van der Waals surface area contributed by atoms with Crippen LogP contribution in [0, 0.1) is 0 Å². The summed E-state index contributed by atoms with van der Waals surface area (Å²) in [5.41, 5.74) is 3.79. The van der Waals surface area contributed by atoms with Crippen molar-refractivity contribution in [3.05, 3.63) is 59.1 Å². The summed E-state index contributed by atoms with van der Waals surface area (Å²) in [7, 11) is 0. The lowest BCUT2D eigenvalue weighted by Crippen LogP contribution is -2.12. The highest BCUT2D eigenvalue weighted by molar-refractivity contribution is 6.33. The summed E-state index contributed by atoms with van der Waals surface area (Å²) in [6.07, 6.45) is 0. The Morgan fingerprint density at radius 2 is 1.29 bits per heavy atom. The lowest BCUT2D eigenvalue weighted by molar-refractivity contribution is 0.592. The third kappa shape index (κ3) is 2.53. The van der Waals surface area contributed by atoms with Crippen molar-refractivity contribution in [1.82, 2.24) is 0 Å². The second-order valence-corrected chi connectivity index (χ2v) is 5.68. The molecule has 0 fully saturated rings. The quantitative estimate of drug-likeness (QED) is 0.638. The van der Waals surface area contributed by atoms with E-state index in [-0.39, 0.29) is 5.41 Å². The number of hydrogen-bond acceptors (Lipinski definition) is 0. The van der Waals surface area contributed by atoms with Gasteiger partial charge in [-0.1, -0.05) is 74.8 Å². The van der Waals surface area contributed by atoms with Gasteiger partial charge in [0.05, 0.1) is 0 Å². The van der Waals surface area contributed by atoms with E-state index in [1.165, 1.54) is 11.1 Å². The van der Waals surface area contributed by atoms with E-state index < -0.39 is 0 Å². The van der Waals surface area contributed by atoms with E-state index in [2.05, 4.69) is 51.1 Å². The van der Waals surface area contributed by atoms with Gasteiger partial charge in [-0.3, -0.25) is 0 Å². The standard InChI is InChI=1S/C16H17Cl/c1-16(2,3)14-10-6-4-8-12(14)13-9-5-7-11-15(13)17/h4-11H,1-3H3. The maximum atomic E-state index is 6.28. The molecule has 0 nitrogen and oxygen atoms in total. The fourth-order valence-corrected chi connectivity index (χ4v) is 2.29. The molecule has 0 unspecified atom stereocenters. The maximum absolute atomic E-state index is 6.28. The Bertz CT molecular complexity index is 521. The van der Waals surface area contributed by atoms with Crippen LogP contribution in [0.2, 0.25) is 5.02 Å². The van der Waals surface area contributed by atoms with E-state index in [9.17, 15) is 0 Å². The molecule has 0 saturated carbocycles. The van der Waals surface area contributed by atoms with E-state index >= 15 is 0 Å². The van der Waals surface area contributed by atoms with Crippen LogP contribution in [-0.4, -0.2) is 0 Å². The summed E-state index contributed by atoms with van der Waals surface area (Å²) in [6, 6.07) is 16.5. The molecule has 1 heteroatoms. The van der Waals surface area contributed by atoms with Gasteiger partial charge in [0.1, 0.15) is 0 Å². The molecular formula is C16H17Cl. The molecule has 88 valence electrons. The van der Waals surface area contributed by atoms with Gasteiger partial charge in [-0.2, -0.15) is 0 Å². The van der Waals surface area contributed by atoms with Gasteiger partial charge in [-0.15, -0.1) is 0 Å². The third-order valence-electron chi connectivity index (χ3n) is 2.90. The van der Waals surface area contributed by atoms with E-state index in [0.717, 1.165) is 10.6 Å². The molecule has 0 aromatic heterocycles. The zero-order chi connectivity index (χ0) is 12.5. The maximum Gasteiger partial charge on any atom is 0.0484 e. The second-order valence-electron chi connectivity index (χ2n) is 5.28. The lowest BCUT2D eigenvalue weighted by atomic mass is 9.82. The van der Waals surface area contributed by atoms with Crippen LogP contribution in [0.25, 0.3) is 11.1 Å². The van der Waals surface area contributed by atoms with E-state index in [1.807, 2.05) is 18.2 Å². The van der Waals surface area contributed by atoms with Gasteiger partial charge >= 0.3 is 0 Å². The van der Waals surface area contributed by atoms with Crippen molar-refractivity contribution in [2.24, 2.45) is 0 Å². The van der Waals surface area contributed by atoms with E-state index in [0.29, 0.717) is 0 Å². The van der Waals surface area contributed by atoms with Crippen LogP contribution in [0.1, 0.15) is 26.3 Å². The van der Waals surface area contributed by atoms with Gasteiger partial charge in [0.25, 0.3) is 0 Å². The molecule has 0 heterocycles. The van der Waals surface area contributed by atoms with Gasteiger partial charge in [-0.05, 0) is 22.6 Å². The SMILES string of the molecule is CC(C)(C)c1ccccc1-c1ccccc1Cl. The molecule has 0 radical (unpaired) electrons. The van der Waals surface area contributed by atoms with Crippen molar-refractivity contribution < 1.29 is 0 Å². The summed E-state index contributed by atoms with van der Waals surface area (Å²) >= 11 is 6.28. The Morgan fingerprint density at radius 3 is 1.88 bits per heavy atom. The highest BCUT2D eigenvalue weighted by Crippen LogP contribution is 2.35. The minimum Gasteiger partial charge on any atom is -0.0837 e. The highest BCUT2D eigenvalue weighted by atomic mass is 35.5. The summed E-state index contributed by atoms with van der Waals surface area (Å²) < 4.78 is 0. The first-order valence-corrected chi connectivity index (χ1v) is 6.22. The molecule has 0 saturated heterocycles. The van der Waals surface area contributed by atoms with Crippen molar-refractivity contribution in [3.8, 4) is 11.1 Å². The van der Waals surface area contributed by atoms with Crippen molar-refractivity contribution in [2.75, 3.05) is 0 Å². The van der Waals surface area contributed by atoms with Gasteiger partial charge < -0.3 is 0 Å². The molecule has 2 aromatic carbocycles. The van der Waals surface area contributed by atoms with Gasteiger partial charge in [0.15, 0.2) is 0 Å². The Hall–Kier alpha value is -1.27. The van der Waals surface area contributed by atoms with Crippen LogP contribution in [0.5, 0.6) is 0 Å². The summed E-state index contributed by atoms with van der Waals surface area (Å²) in [6.45, 7) is 6.67. The molecular weight excluding hydrogens is 228 g/mol. The fraction of sp³-hybridized carbons (Fsp3) is 0.250. The van der Waals surface area contributed by atoms with Gasteiger partial charge in [0.2, 0.25) is 0 Å². The van der Waals surface area contributed by atoms with Crippen molar-refractivity contribution in [1.29, 1.82) is 0 Å². The number of halogens is 1. The van der Waals surface area contributed by atoms with Crippen LogP contribution in [0.3, 0.4) is 0 Å². The molecule has 17 heavy (non-hydrogen) atoms. The Balaban J connectivity index is 2.65. The molecule has 2 rings (SSSR count). The average molecular weight is 245 g/mol. The monoisotopic (exact) mass is 244 g/mol. The molecule has 0 amide bonds. The van der Waals surface area contributed by atoms with Crippen LogP contribution in [0.4, 0.5) is 0 Å². The van der Waals surface area contributed by atoms with Gasteiger partial charge in [0, 0.05) is 10.6 Å². The highest BCUT2D eigenvalue weighted by Gasteiger charge is 2.18. The zero-order valence-corrected chi connectivity index (χ0v) is 11.3. The first-order valence-electron chi connectivity index (χ1n) is 5.84. The first-order chi connectivity index (χ1) is 8.00. The molecule has 0 bridgehead atoms. The fourth-order valence-electron chi connectivity index (χ4n) is 2.05. The number of benzene rings is 2. The topological polar surface area (TPSA) is 0 Å². The Labute approximate surface area is 108 Å². The lowest BCUT2D eigenvalue weighted by Gasteiger charge is -2.23. The van der Waals surface area contributed by atoms with Crippen LogP contribution in [0.15, 0.2) is 48.5 Å². The smallest absolute Gasteiger partial charge is 0.0484 e. The Kier molecular flexibility index (Phi) is 3.26. The minimum atomic E-state index is 0.121. The summed E-state index contributed by atoms with van der Waals surface area (Å²) in [4.78, 5) is 0. The van der Waals surface area contributed by atoms with Gasteiger partial charge in [-0.25, -0.2) is 0 Å². The van der Waals surface area contributed by atoms with Crippen molar-refractivity contribution >= 4 is 11.6 Å². The summed E-state index contributed by atoms with van der Waals surface area (Å²) in [5.74, 6) is 0. The molecule has 0 N–H and O–H groups in total. The van der Waals surface area contributed by atoms with Crippen LogP contribution >= 0.6 is 11.6 Å². The zero-order valence-electron chi connectivity index (χ0n) is 10.5. The second kappa shape index (κ2) is 4.54. The predicted octanol–water partition coefficient (Wildman–Crippen LogP) is 5.30. The molecule has 0 aliphatic heterocycles. The largest absolute Gasteiger partial charge is 0.0837 e. The van der Waals surface area contributed by atoms with E-state index in [4.69, 9.17) is 11.6 Å². The normalized spacial score (nSPS) is 11.5. The minimum absolute atomic E-state index is 0.121. The molecule has 0 aliphatic carbocycles. The molecule has 2 aromatic rings. The Morgan fingerprint density at radius 1 is 0.765 bits per heavy atom.